The average Bonchev–Trinajstić information content (AvgIpc) is 2.99. The summed E-state index contributed by atoms with van der Waals surface area (Å²) in [6.07, 6.45) is 2.25. The Morgan fingerprint density at radius 2 is 1.84 bits per heavy atom. The fourth-order valence-electron chi connectivity index (χ4n) is 4.70. The van der Waals surface area contributed by atoms with Crippen molar-refractivity contribution in [1.29, 1.82) is 0 Å². The van der Waals surface area contributed by atoms with E-state index in [0.717, 1.165) is 12.8 Å². The minimum Gasteiger partial charge on any atom is -0.467 e. The summed E-state index contributed by atoms with van der Waals surface area (Å²) in [5, 5.41) is 0.311. The maximum absolute atomic E-state index is 15.2. The van der Waals surface area contributed by atoms with Crippen LogP contribution in [0.3, 0.4) is 0 Å². The van der Waals surface area contributed by atoms with Crippen LogP contribution in [0.4, 0.5) is 19.4 Å². The van der Waals surface area contributed by atoms with Crippen LogP contribution < -0.4 is 9.64 Å². The zero-order chi connectivity index (χ0) is 23.2. The second-order valence-electron chi connectivity index (χ2n) is 9.51. The van der Waals surface area contributed by atoms with Gasteiger partial charge in [0.25, 0.3) is 0 Å². The number of hydrogen-bond donors (Lipinski definition) is 0. The second kappa shape index (κ2) is 8.33. The number of carbonyl (C=O) groups is 1. The van der Waals surface area contributed by atoms with Crippen LogP contribution in [0.25, 0.3) is 10.9 Å². The van der Waals surface area contributed by atoms with E-state index in [2.05, 4.69) is 9.97 Å². The molecule has 2 aromatic rings. The van der Waals surface area contributed by atoms with Gasteiger partial charge in [-0.2, -0.15) is 9.97 Å². The molecule has 9 heteroatoms. The Hall–Kier alpha value is -2.71. The standard InChI is InChI=1S/C23H30F2N4O3/c1-6-7-15-17(24)10-16-19(18(15)25)26-21(31-5)27-20(16)28-11-13-8-9-14(12-28)29(13)22(30)32-23(2,3)4/h10,13-14H,6-9,11-12H2,1-5H3. The molecule has 0 spiro atoms. The fourth-order valence-corrected chi connectivity index (χ4v) is 4.70. The number of benzene rings is 1. The average molecular weight is 449 g/mol. The Bertz CT molecular complexity index is 1030. The van der Waals surface area contributed by atoms with E-state index < -0.39 is 17.2 Å². The van der Waals surface area contributed by atoms with E-state index in [1.807, 2.05) is 37.5 Å². The molecule has 0 saturated carbocycles. The van der Waals surface area contributed by atoms with Crippen LogP contribution in [-0.2, 0) is 11.2 Å². The van der Waals surface area contributed by atoms with Crippen LogP contribution in [-0.4, -0.2) is 58.8 Å². The molecule has 1 aromatic carbocycles. The molecule has 0 N–H and O–H groups in total. The Balaban J connectivity index is 1.71. The second-order valence-corrected chi connectivity index (χ2v) is 9.51. The third kappa shape index (κ3) is 4.04. The number of carbonyl (C=O) groups excluding carboxylic acids is 1. The summed E-state index contributed by atoms with van der Waals surface area (Å²) in [6.45, 7) is 8.39. The summed E-state index contributed by atoms with van der Waals surface area (Å²) in [5.74, 6) is -0.838. The predicted octanol–water partition coefficient (Wildman–Crippen LogP) is 4.46. The van der Waals surface area contributed by atoms with Gasteiger partial charge in [-0.3, -0.25) is 4.90 Å². The number of fused-ring (bicyclic) bond motifs is 3. The molecule has 4 rings (SSSR count). The molecule has 2 aliphatic heterocycles. The molecule has 2 atom stereocenters. The van der Waals surface area contributed by atoms with E-state index >= 15 is 4.39 Å². The molecule has 3 heterocycles. The normalized spacial score (nSPS) is 20.7. The number of ether oxygens (including phenoxy) is 2. The highest BCUT2D eigenvalue weighted by molar-refractivity contribution is 5.91. The highest BCUT2D eigenvalue weighted by atomic mass is 19.1. The topological polar surface area (TPSA) is 67.8 Å². The number of methoxy groups -OCH3 is 1. The first kappa shape index (κ1) is 22.5. The van der Waals surface area contributed by atoms with Crippen molar-refractivity contribution in [3.63, 3.8) is 0 Å². The lowest BCUT2D eigenvalue weighted by atomic mass is 10.0. The van der Waals surface area contributed by atoms with Gasteiger partial charge in [-0.25, -0.2) is 13.6 Å². The smallest absolute Gasteiger partial charge is 0.410 e. The van der Waals surface area contributed by atoms with Gasteiger partial charge in [0, 0.05) is 24.0 Å². The SMILES string of the molecule is CCCc1c(F)cc2c(N3CC4CCC(C3)N4C(=O)OC(C)(C)C)nc(OC)nc2c1F. The molecule has 0 aliphatic carbocycles. The van der Waals surface area contributed by atoms with Gasteiger partial charge in [-0.15, -0.1) is 0 Å². The molecule has 1 amide bonds. The van der Waals surface area contributed by atoms with E-state index in [-0.39, 0.29) is 41.7 Å². The number of piperazine rings is 1. The monoisotopic (exact) mass is 448 g/mol. The van der Waals surface area contributed by atoms with Gasteiger partial charge in [0.1, 0.15) is 22.8 Å². The van der Waals surface area contributed by atoms with Crippen LogP contribution in [0.15, 0.2) is 6.07 Å². The van der Waals surface area contributed by atoms with Gasteiger partial charge < -0.3 is 14.4 Å². The van der Waals surface area contributed by atoms with Crippen LogP contribution in [0, 0.1) is 11.6 Å². The minimum absolute atomic E-state index is 0.0292. The van der Waals surface area contributed by atoms with Crippen molar-refractivity contribution in [3.8, 4) is 6.01 Å². The van der Waals surface area contributed by atoms with Gasteiger partial charge in [0.15, 0.2) is 5.82 Å². The number of halogens is 2. The fraction of sp³-hybridized carbons (Fsp3) is 0.609. The largest absolute Gasteiger partial charge is 0.467 e. The summed E-state index contributed by atoms with van der Waals surface area (Å²) in [6, 6.07) is 1.23. The molecule has 174 valence electrons. The molecule has 2 bridgehead atoms. The zero-order valence-corrected chi connectivity index (χ0v) is 19.2. The van der Waals surface area contributed by atoms with Crippen molar-refractivity contribution in [1.82, 2.24) is 14.9 Å². The van der Waals surface area contributed by atoms with E-state index in [9.17, 15) is 9.18 Å². The van der Waals surface area contributed by atoms with Gasteiger partial charge in [-0.1, -0.05) is 13.3 Å². The van der Waals surface area contributed by atoms with Crippen molar-refractivity contribution in [2.75, 3.05) is 25.1 Å². The lowest BCUT2D eigenvalue weighted by molar-refractivity contribution is 0.0123. The number of rotatable bonds is 4. The molecule has 32 heavy (non-hydrogen) atoms. The summed E-state index contributed by atoms with van der Waals surface area (Å²) in [5.41, 5.74) is -0.491. The van der Waals surface area contributed by atoms with Crippen molar-refractivity contribution in [2.45, 2.75) is 71.1 Å². The molecule has 7 nitrogen and oxygen atoms in total. The number of anilines is 1. The minimum atomic E-state index is -0.667. The van der Waals surface area contributed by atoms with Crippen molar-refractivity contribution < 1.29 is 23.0 Å². The highest BCUT2D eigenvalue weighted by Gasteiger charge is 2.45. The molecular formula is C23H30F2N4O3. The van der Waals surface area contributed by atoms with Gasteiger partial charge >= 0.3 is 12.1 Å². The Labute approximate surface area is 186 Å². The van der Waals surface area contributed by atoms with Crippen LogP contribution in [0.2, 0.25) is 0 Å². The number of hydrogen-bond acceptors (Lipinski definition) is 6. The van der Waals surface area contributed by atoms with Gasteiger partial charge in [0.05, 0.1) is 19.2 Å². The van der Waals surface area contributed by atoms with Gasteiger partial charge in [0.2, 0.25) is 0 Å². The first-order valence-corrected chi connectivity index (χ1v) is 11.1. The number of amides is 1. The molecular weight excluding hydrogens is 418 g/mol. The molecule has 2 aliphatic rings. The van der Waals surface area contributed by atoms with Gasteiger partial charge in [-0.05, 0) is 46.1 Å². The molecule has 2 saturated heterocycles. The quantitative estimate of drug-likeness (QED) is 0.688. The third-order valence-corrected chi connectivity index (χ3v) is 6.01. The summed E-state index contributed by atoms with van der Waals surface area (Å²) < 4.78 is 40.8. The summed E-state index contributed by atoms with van der Waals surface area (Å²) >= 11 is 0. The van der Waals surface area contributed by atoms with Crippen LogP contribution in [0.1, 0.15) is 52.5 Å². The van der Waals surface area contributed by atoms with Crippen molar-refractivity contribution >= 4 is 22.8 Å². The van der Waals surface area contributed by atoms with E-state index in [1.54, 1.807) is 0 Å². The molecule has 2 unspecified atom stereocenters. The summed E-state index contributed by atoms with van der Waals surface area (Å²) in [4.78, 5) is 25.2. The Kier molecular flexibility index (Phi) is 5.85. The maximum atomic E-state index is 15.2. The van der Waals surface area contributed by atoms with E-state index in [4.69, 9.17) is 9.47 Å². The molecule has 0 radical (unpaired) electrons. The lowest BCUT2D eigenvalue weighted by Crippen LogP contribution is -2.57. The maximum Gasteiger partial charge on any atom is 0.410 e. The van der Waals surface area contributed by atoms with E-state index in [1.165, 1.54) is 13.2 Å². The highest BCUT2D eigenvalue weighted by Crippen LogP contribution is 2.37. The lowest BCUT2D eigenvalue weighted by Gasteiger charge is -2.42. The third-order valence-electron chi connectivity index (χ3n) is 6.01. The Morgan fingerprint density at radius 1 is 1.19 bits per heavy atom. The molecule has 1 aromatic heterocycles. The zero-order valence-electron chi connectivity index (χ0n) is 19.2. The Morgan fingerprint density at radius 3 is 2.41 bits per heavy atom. The molecule has 2 fully saturated rings. The first-order chi connectivity index (χ1) is 15.1. The predicted molar refractivity (Wildman–Crippen MR) is 117 cm³/mol. The van der Waals surface area contributed by atoms with Crippen LogP contribution >= 0.6 is 0 Å². The van der Waals surface area contributed by atoms with Crippen LogP contribution in [0.5, 0.6) is 6.01 Å². The summed E-state index contributed by atoms with van der Waals surface area (Å²) in [7, 11) is 1.42. The number of aromatic nitrogens is 2. The van der Waals surface area contributed by atoms with Crippen molar-refractivity contribution in [2.24, 2.45) is 0 Å². The number of nitrogens with zero attached hydrogens (tertiary/aromatic N) is 4. The van der Waals surface area contributed by atoms with Crippen molar-refractivity contribution in [3.05, 3.63) is 23.3 Å². The first-order valence-electron chi connectivity index (χ1n) is 11.1. The van der Waals surface area contributed by atoms with E-state index in [0.29, 0.717) is 30.7 Å².